The lowest BCUT2D eigenvalue weighted by atomic mass is 10.1. The van der Waals surface area contributed by atoms with Crippen LogP contribution >= 0.6 is 0 Å². The van der Waals surface area contributed by atoms with E-state index in [2.05, 4.69) is 11.8 Å². The molecule has 0 unspecified atom stereocenters. The number of aromatic nitrogens is 4. The van der Waals surface area contributed by atoms with Crippen molar-refractivity contribution < 1.29 is 14.3 Å². The molecule has 0 spiro atoms. The van der Waals surface area contributed by atoms with Crippen LogP contribution in [0.15, 0.2) is 48.5 Å². The molecule has 1 fully saturated rings. The zero-order chi connectivity index (χ0) is 26.6. The number of rotatable bonds is 8. The Balaban J connectivity index is 1.44. The van der Waals surface area contributed by atoms with Crippen LogP contribution in [-0.2, 0) is 6.42 Å². The molecule has 0 bridgehead atoms. The third-order valence-corrected chi connectivity index (χ3v) is 6.95. The number of anilines is 1. The van der Waals surface area contributed by atoms with Crippen molar-refractivity contribution in [2.75, 3.05) is 45.3 Å². The van der Waals surface area contributed by atoms with Crippen LogP contribution in [0.3, 0.4) is 0 Å². The lowest BCUT2D eigenvalue weighted by molar-refractivity contribution is 0.0746. The number of aryl methyl sites for hydroxylation is 2. The lowest BCUT2D eigenvalue weighted by Crippen LogP contribution is -2.49. The normalized spacial score (nSPS) is 13.7. The van der Waals surface area contributed by atoms with Crippen LogP contribution in [0.2, 0.25) is 0 Å². The van der Waals surface area contributed by atoms with Gasteiger partial charge in [-0.15, -0.1) is 0 Å². The molecule has 0 N–H and O–H groups in total. The van der Waals surface area contributed by atoms with E-state index in [0.29, 0.717) is 43.2 Å². The molecular formula is C29H34N6O3. The van der Waals surface area contributed by atoms with Crippen LogP contribution in [0.25, 0.3) is 16.7 Å². The van der Waals surface area contributed by atoms with E-state index in [1.54, 1.807) is 32.4 Å². The van der Waals surface area contributed by atoms with Crippen molar-refractivity contribution in [1.29, 1.82) is 0 Å². The van der Waals surface area contributed by atoms with E-state index >= 15 is 0 Å². The monoisotopic (exact) mass is 514 g/mol. The summed E-state index contributed by atoms with van der Waals surface area (Å²) in [4.78, 5) is 27.5. The Kier molecular flexibility index (Phi) is 7.44. The number of methoxy groups -OCH3 is 2. The summed E-state index contributed by atoms with van der Waals surface area (Å²) < 4.78 is 12.6. The van der Waals surface area contributed by atoms with Gasteiger partial charge in [0, 0.05) is 44.2 Å². The lowest BCUT2D eigenvalue weighted by Gasteiger charge is -2.36. The molecule has 198 valence electrons. The van der Waals surface area contributed by atoms with Gasteiger partial charge in [0.05, 0.1) is 31.0 Å². The van der Waals surface area contributed by atoms with Crippen molar-refractivity contribution in [3.05, 3.63) is 65.6 Å². The van der Waals surface area contributed by atoms with Gasteiger partial charge in [0.25, 0.3) is 5.91 Å². The number of hydrogen-bond acceptors (Lipinski definition) is 7. The van der Waals surface area contributed by atoms with E-state index in [1.165, 1.54) is 0 Å². The standard InChI is InChI=1S/C29H34N6O3/c1-5-6-12-25-30-27(26-20(2)32-35(28(26)31-25)22-10-8-7-9-11-22)33-13-15-34(16-14-33)29(36)21-17-23(37-3)19-24(18-21)38-4/h7-11,17-19H,5-6,12-16H2,1-4H3. The fourth-order valence-corrected chi connectivity index (χ4v) is 4.87. The highest BCUT2D eigenvalue weighted by molar-refractivity contribution is 5.95. The first-order valence-corrected chi connectivity index (χ1v) is 13.1. The summed E-state index contributed by atoms with van der Waals surface area (Å²) in [6, 6.07) is 15.4. The Bertz CT molecular complexity index is 1410. The molecule has 1 saturated heterocycles. The number of carbonyl (C=O) groups is 1. The molecule has 3 heterocycles. The fourth-order valence-electron chi connectivity index (χ4n) is 4.87. The number of piperazine rings is 1. The predicted molar refractivity (Wildman–Crippen MR) is 148 cm³/mol. The molecule has 0 saturated carbocycles. The van der Waals surface area contributed by atoms with Crippen molar-refractivity contribution in [3.63, 3.8) is 0 Å². The second kappa shape index (κ2) is 11.1. The molecule has 38 heavy (non-hydrogen) atoms. The van der Waals surface area contributed by atoms with Crippen LogP contribution in [0.1, 0.15) is 41.6 Å². The summed E-state index contributed by atoms with van der Waals surface area (Å²) in [5.74, 6) is 2.89. The molecule has 2 aromatic heterocycles. The molecule has 0 atom stereocenters. The minimum atomic E-state index is -0.0357. The number of ether oxygens (including phenoxy) is 2. The van der Waals surface area contributed by atoms with Crippen LogP contribution < -0.4 is 14.4 Å². The Hall–Kier alpha value is -4.14. The zero-order valence-corrected chi connectivity index (χ0v) is 22.5. The van der Waals surface area contributed by atoms with Gasteiger partial charge >= 0.3 is 0 Å². The SMILES string of the molecule is CCCCc1nc(N2CCN(C(=O)c3cc(OC)cc(OC)c3)CC2)c2c(C)nn(-c3ccccc3)c2n1. The summed E-state index contributed by atoms with van der Waals surface area (Å²) in [5, 5.41) is 5.82. The van der Waals surface area contributed by atoms with Gasteiger partial charge in [0.2, 0.25) is 0 Å². The topological polar surface area (TPSA) is 85.6 Å². The quantitative estimate of drug-likeness (QED) is 0.343. The molecule has 0 radical (unpaired) electrons. The van der Waals surface area contributed by atoms with E-state index in [1.807, 2.05) is 46.8 Å². The van der Waals surface area contributed by atoms with Crippen molar-refractivity contribution in [3.8, 4) is 17.2 Å². The number of hydrogen-bond donors (Lipinski definition) is 0. The van der Waals surface area contributed by atoms with Crippen LogP contribution in [0.4, 0.5) is 5.82 Å². The van der Waals surface area contributed by atoms with Gasteiger partial charge in [-0.05, 0) is 37.6 Å². The number of amides is 1. The molecule has 1 aliphatic heterocycles. The molecule has 5 rings (SSSR count). The molecule has 9 heteroatoms. The highest BCUT2D eigenvalue weighted by Gasteiger charge is 2.27. The average Bonchev–Trinajstić information content (AvgIpc) is 3.31. The van der Waals surface area contributed by atoms with E-state index in [0.717, 1.165) is 53.3 Å². The van der Waals surface area contributed by atoms with Gasteiger partial charge in [0.15, 0.2) is 5.65 Å². The molecule has 1 aliphatic rings. The van der Waals surface area contributed by atoms with Gasteiger partial charge in [-0.1, -0.05) is 31.5 Å². The van der Waals surface area contributed by atoms with E-state index < -0.39 is 0 Å². The number of fused-ring (bicyclic) bond motifs is 1. The maximum atomic E-state index is 13.3. The highest BCUT2D eigenvalue weighted by atomic mass is 16.5. The predicted octanol–water partition coefficient (Wildman–Crippen LogP) is 4.45. The highest BCUT2D eigenvalue weighted by Crippen LogP contribution is 2.30. The molecule has 9 nitrogen and oxygen atoms in total. The van der Waals surface area contributed by atoms with Crippen LogP contribution in [0.5, 0.6) is 11.5 Å². The Morgan fingerprint density at radius 2 is 1.63 bits per heavy atom. The van der Waals surface area contributed by atoms with Gasteiger partial charge in [-0.2, -0.15) is 5.10 Å². The number of para-hydroxylation sites is 1. The van der Waals surface area contributed by atoms with Crippen molar-refractivity contribution in [2.24, 2.45) is 0 Å². The summed E-state index contributed by atoms with van der Waals surface area (Å²) in [7, 11) is 3.17. The van der Waals surface area contributed by atoms with Gasteiger partial charge in [0.1, 0.15) is 23.1 Å². The maximum absolute atomic E-state index is 13.3. The van der Waals surface area contributed by atoms with E-state index in [4.69, 9.17) is 24.5 Å². The van der Waals surface area contributed by atoms with Crippen LogP contribution in [-0.4, -0.2) is 71.0 Å². The van der Waals surface area contributed by atoms with Crippen molar-refractivity contribution in [1.82, 2.24) is 24.6 Å². The molecule has 2 aromatic carbocycles. The number of unbranched alkanes of at least 4 members (excludes halogenated alkanes) is 1. The number of carbonyl (C=O) groups excluding carboxylic acids is 1. The summed E-state index contributed by atoms with van der Waals surface area (Å²) in [5.41, 5.74) is 3.25. The molecular weight excluding hydrogens is 480 g/mol. The summed E-state index contributed by atoms with van der Waals surface area (Å²) in [6.45, 7) is 6.69. The average molecular weight is 515 g/mol. The number of benzene rings is 2. The van der Waals surface area contributed by atoms with Crippen LogP contribution in [0, 0.1) is 6.92 Å². The smallest absolute Gasteiger partial charge is 0.254 e. The Morgan fingerprint density at radius 1 is 0.947 bits per heavy atom. The van der Waals surface area contributed by atoms with E-state index in [-0.39, 0.29) is 5.91 Å². The minimum Gasteiger partial charge on any atom is -0.497 e. The molecule has 1 amide bonds. The Labute approximate surface area is 223 Å². The van der Waals surface area contributed by atoms with Gasteiger partial charge < -0.3 is 19.3 Å². The third kappa shape index (κ3) is 5.01. The van der Waals surface area contributed by atoms with Gasteiger partial charge in [-0.25, -0.2) is 14.6 Å². The largest absolute Gasteiger partial charge is 0.497 e. The first-order chi connectivity index (χ1) is 18.5. The first-order valence-electron chi connectivity index (χ1n) is 13.1. The fraction of sp³-hybridized carbons (Fsp3) is 0.379. The summed E-state index contributed by atoms with van der Waals surface area (Å²) >= 11 is 0. The summed E-state index contributed by atoms with van der Waals surface area (Å²) in [6.07, 6.45) is 2.91. The maximum Gasteiger partial charge on any atom is 0.254 e. The van der Waals surface area contributed by atoms with Gasteiger partial charge in [-0.3, -0.25) is 4.79 Å². The number of nitrogens with zero attached hydrogens (tertiary/aromatic N) is 6. The van der Waals surface area contributed by atoms with E-state index in [9.17, 15) is 4.79 Å². The Morgan fingerprint density at radius 3 is 2.26 bits per heavy atom. The zero-order valence-electron chi connectivity index (χ0n) is 22.5. The van der Waals surface area contributed by atoms with Crippen molar-refractivity contribution in [2.45, 2.75) is 33.1 Å². The second-order valence-corrected chi connectivity index (χ2v) is 9.48. The second-order valence-electron chi connectivity index (χ2n) is 9.48. The molecule has 4 aromatic rings. The minimum absolute atomic E-state index is 0.0357. The molecule has 0 aliphatic carbocycles. The first kappa shape index (κ1) is 25.5. The van der Waals surface area contributed by atoms with Crippen molar-refractivity contribution >= 4 is 22.8 Å². The third-order valence-electron chi connectivity index (χ3n) is 6.95.